The van der Waals surface area contributed by atoms with Crippen LogP contribution >= 0.6 is 31.9 Å². The van der Waals surface area contributed by atoms with Gasteiger partial charge in [0.2, 0.25) is 0 Å². The molecular weight excluding hydrogens is 404 g/mol. The highest BCUT2D eigenvalue weighted by Crippen LogP contribution is 2.44. The number of hydrogen-bond acceptors (Lipinski definition) is 1. The third-order valence-corrected chi connectivity index (χ3v) is 5.71. The van der Waals surface area contributed by atoms with E-state index >= 15 is 0 Å². The first kappa shape index (κ1) is 17.8. The number of hydrogen-bond donors (Lipinski definition) is 0. The molecule has 0 aromatic heterocycles. The highest BCUT2D eigenvalue weighted by molar-refractivity contribution is 9.11. The van der Waals surface area contributed by atoms with Gasteiger partial charge in [0.25, 0.3) is 0 Å². The Bertz CT molecular complexity index is 548. The predicted octanol–water partition coefficient (Wildman–Crippen LogP) is 7.17. The van der Waals surface area contributed by atoms with Gasteiger partial charge < -0.3 is 4.74 Å². The monoisotopic (exact) mass is 426 g/mol. The highest BCUT2D eigenvalue weighted by Gasteiger charge is 2.25. The minimum absolute atomic E-state index is 0.152. The van der Waals surface area contributed by atoms with Gasteiger partial charge in [-0.05, 0) is 29.7 Å². The van der Waals surface area contributed by atoms with Crippen molar-refractivity contribution in [1.82, 2.24) is 0 Å². The molecule has 0 N–H and O–H groups in total. The lowest BCUT2D eigenvalue weighted by Gasteiger charge is -2.25. The lowest BCUT2D eigenvalue weighted by atomic mass is 9.93. The number of fused-ring (bicyclic) bond motifs is 1. The molecule has 3 heteroatoms. The van der Waals surface area contributed by atoms with Crippen molar-refractivity contribution in [3.8, 4) is 0 Å². The molecule has 0 saturated heterocycles. The first-order chi connectivity index (χ1) is 10.6. The Morgan fingerprint density at radius 2 is 1.86 bits per heavy atom. The number of rotatable bonds is 8. The fourth-order valence-corrected chi connectivity index (χ4v) is 4.23. The minimum atomic E-state index is 0.152. The van der Waals surface area contributed by atoms with E-state index in [0.29, 0.717) is 0 Å². The van der Waals surface area contributed by atoms with E-state index in [1.807, 2.05) is 0 Å². The van der Waals surface area contributed by atoms with Crippen LogP contribution in [0.2, 0.25) is 0 Å². The molecule has 1 aliphatic rings. The molecule has 0 bridgehead atoms. The summed E-state index contributed by atoms with van der Waals surface area (Å²) in [4.78, 5) is 0.152. The maximum absolute atomic E-state index is 6.05. The van der Waals surface area contributed by atoms with E-state index in [0.717, 1.165) is 34.4 Å². The van der Waals surface area contributed by atoms with E-state index in [9.17, 15) is 0 Å². The molecule has 0 aliphatic heterocycles. The molecule has 0 radical (unpaired) electrons. The van der Waals surface area contributed by atoms with Crippen LogP contribution in [0.25, 0.3) is 5.76 Å². The lowest BCUT2D eigenvalue weighted by molar-refractivity contribution is 0.265. The summed E-state index contributed by atoms with van der Waals surface area (Å²) >= 11 is 7.36. The molecule has 1 nitrogen and oxygen atoms in total. The first-order valence-electron chi connectivity index (χ1n) is 8.11. The fraction of sp³-hybridized carbons (Fsp3) is 0.474. The third kappa shape index (κ3) is 4.48. The Balaban J connectivity index is 1.93. The Morgan fingerprint density at radius 1 is 1.14 bits per heavy atom. The summed E-state index contributed by atoms with van der Waals surface area (Å²) in [6.07, 6.45) is 9.73. The zero-order valence-electron chi connectivity index (χ0n) is 13.2. The zero-order valence-corrected chi connectivity index (χ0v) is 16.4. The molecule has 0 amide bonds. The summed E-state index contributed by atoms with van der Waals surface area (Å²) in [5.41, 5.74) is 3.42. The molecule has 0 spiro atoms. The minimum Gasteiger partial charge on any atom is -0.493 e. The Kier molecular flexibility index (Phi) is 7.23. The lowest BCUT2D eigenvalue weighted by Crippen LogP contribution is -2.08. The number of unbranched alkanes of at least 4 members (excludes halogenated alkanes) is 5. The van der Waals surface area contributed by atoms with Crippen LogP contribution in [0.4, 0.5) is 0 Å². The van der Waals surface area contributed by atoms with Gasteiger partial charge in [0, 0.05) is 10.0 Å². The van der Waals surface area contributed by atoms with Crippen LogP contribution in [0.5, 0.6) is 0 Å². The van der Waals surface area contributed by atoms with Gasteiger partial charge in [-0.15, -0.1) is 0 Å². The van der Waals surface area contributed by atoms with E-state index in [1.54, 1.807) is 0 Å². The van der Waals surface area contributed by atoms with Gasteiger partial charge >= 0.3 is 0 Å². The molecule has 1 aliphatic carbocycles. The fourth-order valence-electron chi connectivity index (χ4n) is 2.70. The summed E-state index contributed by atoms with van der Waals surface area (Å²) in [6.45, 7) is 7.17. The van der Waals surface area contributed by atoms with Crippen LogP contribution in [0.15, 0.2) is 40.9 Å². The second-order valence-electron chi connectivity index (χ2n) is 5.76. The maximum Gasteiger partial charge on any atom is 0.127 e. The van der Waals surface area contributed by atoms with Crippen LogP contribution in [0.1, 0.15) is 61.4 Å². The van der Waals surface area contributed by atoms with E-state index in [-0.39, 0.29) is 4.83 Å². The average molecular weight is 428 g/mol. The van der Waals surface area contributed by atoms with Gasteiger partial charge in [0.05, 0.1) is 11.4 Å². The molecule has 2 rings (SSSR count). The van der Waals surface area contributed by atoms with E-state index in [2.05, 4.69) is 69.6 Å². The quantitative estimate of drug-likeness (QED) is 0.315. The van der Waals surface area contributed by atoms with Crippen LogP contribution in [-0.2, 0) is 4.74 Å². The van der Waals surface area contributed by atoms with Crippen molar-refractivity contribution in [3.63, 3.8) is 0 Å². The topological polar surface area (TPSA) is 9.23 Å². The molecule has 1 atom stereocenters. The second kappa shape index (κ2) is 8.93. The molecule has 0 saturated carbocycles. The van der Waals surface area contributed by atoms with Crippen LogP contribution in [0.3, 0.4) is 0 Å². The Labute approximate surface area is 151 Å². The van der Waals surface area contributed by atoms with Crippen molar-refractivity contribution < 1.29 is 4.74 Å². The summed E-state index contributed by atoms with van der Waals surface area (Å²) in [7, 11) is 0. The van der Waals surface area contributed by atoms with Crippen LogP contribution in [0, 0.1) is 0 Å². The molecule has 22 heavy (non-hydrogen) atoms. The SMILES string of the molecule is C=C1C=C(OCCCCCCCC)c2cccc(Br)c2C1Br. The van der Waals surface area contributed by atoms with Crippen molar-refractivity contribution in [2.75, 3.05) is 6.61 Å². The van der Waals surface area contributed by atoms with Gasteiger partial charge in [0.15, 0.2) is 0 Å². The van der Waals surface area contributed by atoms with Crippen LogP contribution in [-0.4, -0.2) is 6.61 Å². The zero-order chi connectivity index (χ0) is 15.9. The molecule has 120 valence electrons. The summed E-state index contributed by atoms with van der Waals surface area (Å²) in [6, 6.07) is 6.24. The van der Waals surface area contributed by atoms with Crippen LogP contribution < -0.4 is 0 Å². The second-order valence-corrected chi connectivity index (χ2v) is 7.53. The summed E-state index contributed by atoms with van der Waals surface area (Å²) in [5.74, 6) is 0.950. The van der Waals surface area contributed by atoms with Crippen molar-refractivity contribution >= 4 is 37.6 Å². The van der Waals surface area contributed by atoms with Gasteiger partial charge in [-0.1, -0.05) is 89.6 Å². The number of halogens is 2. The maximum atomic E-state index is 6.05. The summed E-state index contributed by atoms with van der Waals surface area (Å²) in [5, 5.41) is 0. The standard InChI is InChI=1S/C19H24Br2O/c1-3-4-5-6-7-8-12-22-17-13-14(2)19(21)18-15(17)10-9-11-16(18)20/h9-11,13,19H,2-8,12H2,1H3. The van der Waals surface area contributed by atoms with Gasteiger partial charge in [-0.2, -0.15) is 0 Å². The number of ether oxygens (including phenoxy) is 1. The predicted molar refractivity (Wildman–Crippen MR) is 102 cm³/mol. The smallest absolute Gasteiger partial charge is 0.127 e. The van der Waals surface area contributed by atoms with Gasteiger partial charge in [0.1, 0.15) is 5.76 Å². The molecule has 0 fully saturated rings. The number of allylic oxidation sites excluding steroid dienone is 2. The molecule has 1 aromatic carbocycles. The van der Waals surface area contributed by atoms with E-state index in [4.69, 9.17) is 4.74 Å². The third-order valence-electron chi connectivity index (χ3n) is 3.97. The average Bonchev–Trinajstić information content (AvgIpc) is 2.51. The van der Waals surface area contributed by atoms with Gasteiger partial charge in [-0.3, -0.25) is 0 Å². The van der Waals surface area contributed by atoms with E-state index in [1.165, 1.54) is 37.7 Å². The number of benzene rings is 1. The largest absolute Gasteiger partial charge is 0.493 e. The molecule has 1 unspecified atom stereocenters. The van der Waals surface area contributed by atoms with E-state index < -0.39 is 0 Å². The van der Waals surface area contributed by atoms with Crippen molar-refractivity contribution in [3.05, 3.63) is 52.0 Å². The Hall–Kier alpha value is -0.540. The highest BCUT2D eigenvalue weighted by atomic mass is 79.9. The molecular formula is C19H24Br2O. The van der Waals surface area contributed by atoms with Gasteiger partial charge in [-0.25, -0.2) is 0 Å². The van der Waals surface area contributed by atoms with Crippen molar-refractivity contribution in [2.45, 2.75) is 50.3 Å². The number of alkyl halides is 1. The Morgan fingerprint density at radius 3 is 2.64 bits per heavy atom. The first-order valence-corrected chi connectivity index (χ1v) is 9.82. The van der Waals surface area contributed by atoms with Crippen molar-refractivity contribution in [1.29, 1.82) is 0 Å². The summed E-state index contributed by atoms with van der Waals surface area (Å²) < 4.78 is 7.15. The molecule has 1 aromatic rings. The van der Waals surface area contributed by atoms with Crippen molar-refractivity contribution in [2.24, 2.45) is 0 Å². The molecule has 0 heterocycles. The normalized spacial score (nSPS) is 17.1.